The van der Waals surface area contributed by atoms with Crippen LogP contribution in [0.3, 0.4) is 0 Å². The number of hydrogen-bond acceptors (Lipinski definition) is 6. The first-order valence-electron chi connectivity index (χ1n) is 10.1. The van der Waals surface area contributed by atoms with Crippen LogP contribution in [0.4, 0.5) is 5.69 Å². The van der Waals surface area contributed by atoms with Crippen LogP contribution in [0.2, 0.25) is 0 Å². The summed E-state index contributed by atoms with van der Waals surface area (Å²) in [5.41, 5.74) is 3.32. The third kappa shape index (κ3) is 5.00. The number of aldehydes is 1. The van der Waals surface area contributed by atoms with Crippen molar-refractivity contribution in [3.8, 4) is 0 Å². The van der Waals surface area contributed by atoms with Crippen molar-refractivity contribution in [3.63, 3.8) is 0 Å². The van der Waals surface area contributed by atoms with E-state index in [1.54, 1.807) is 10.9 Å². The lowest BCUT2D eigenvalue weighted by molar-refractivity contribution is -0.109. The molecule has 2 aromatic carbocycles. The van der Waals surface area contributed by atoms with Gasteiger partial charge in [-0.25, -0.2) is 4.68 Å². The molecule has 0 bridgehead atoms. The monoisotopic (exact) mass is 448 g/mol. The first-order valence-corrected chi connectivity index (χ1v) is 11.1. The highest BCUT2D eigenvalue weighted by Gasteiger charge is 2.18. The van der Waals surface area contributed by atoms with Crippen molar-refractivity contribution in [1.29, 1.82) is 0 Å². The van der Waals surface area contributed by atoms with E-state index in [1.165, 1.54) is 11.8 Å². The van der Waals surface area contributed by atoms with Crippen molar-refractivity contribution < 1.29 is 9.59 Å². The van der Waals surface area contributed by atoms with Gasteiger partial charge in [-0.05, 0) is 23.8 Å². The Hall–Kier alpha value is -3.59. The van der Waals surface area contributed by atoms with E-state index in [9.17, 15) is 9.59 Å². The number of rotatable bonds is 9. The number of nitrogens with one attached hydrogen (secondary N) is 2. The number of amides is 1. The van der Waals surface area contributed by atoms with Crippen LogP contribution in [-0.2, 0) is 11.3 Å². The summed E-state index contributed by atoms with van der Waals surface area (Å²) in [5.74, 6) is -0.0184. The Kier molecular flexibility index (Phi) is 6.55. The Morgan fingerprint density at radius 2 is 2.06 bits per heavy atom. The van der Waals surface area contributed by atoms with Gasteiger partial charge < -0.3 is 20.0 Å². The average molecular weight is 449 g/mol. The maximum Gasteiger partial charge on any atom is 0.274 e. The van der Waals surface area contributed by atoms with Crippen molar-refractivity contribution >= 4 is 40.5 Å². The van der Waals surface area contributed by atoms with Gasteiger partial charge in [0.1, 0.15) is 6.29 Å². The van der Waals surface area contributed by atoms with E-state index < -0.39 is 11.9 Å². The number of anilines is 1. The number of aromatic amines is 1. The molecule has 1 atom stereocenters. The van der Waals surface area contributed by atoms with Crippen molar-refractivity contribution in [2.45, 2.75) is 17.5 Å². The maximum absolute atomic E-state index is 12.6. The van der Waals surface area contributed by atoms with E-state index in [4.69, 9.17) is 0 Å². The molecule has 9 heteroatoms. The predicted octanol–water partition coefficient (Wildman–Crippen LogP) is 2.96. The van der Waals surface area contributed by atoms with Gasteiger partial charge in [-0.1, -0.05) is 35.5 Å². The third-order valence-electron chi connectivity index (χ3n) is 4.97. The van der Waals surface area contributed by atoms with Gasteiger partial charge in [0.15, 0.2) is 5.69 Å². The fourth-order valence-corrected chi connectivity index (χ4v) is 4.43. The van der Waals surface area contributed by atoms with Gasteiger partial charge in [-0.3, -0.25) is 4.79 Å². The predicted molar refractivity (Wildman–Crippen MR) is 126 cm³/mol. The summed E-state index contributed by atoms with van der Waals surface area (Å²) in [4.78, 5) is 30.5. The molecule has 164 valence electrons. The second-order valence-electron chi connectivity index (χ2n) is 7.59. The van der Waals surface area contributed by atoms with Crippen LogP contribution < -0.4 is 10.2 Å². The Labute approximate surface area is 190 Å². The standard InChI is InChI=1S/C23H24N6O2S/c1-28(2)21-10-17-8-9-24-19(17)11-22(21)32-15-18(14-30)25-23(31)20-13-29(27-26-20)12-16-6-4-3-5-7-16/h3-11,13-14,18,24H,12,15H2,1-2H3,(H,25,31)/t18-/m1/s1. The highest BCUT2D eigenvalue weighted by atomic mass is 32.2. The number of hydrogen-bond donors (Lipinski definition) is 2. The SMILES string of the molecule is CN(C)c1cc2cc[nH]c2cc1SC[C@@H](C=O)NC(=O)c1cn(Cc2ccccc2)nn1. The minimum absolute atomic E-state index is 0.180. The van der Waals surface area contributed by atoms with Crippen LogP contribution >= 0.6 is 11.8 Å². The molecule has 2 N–H and O–H groups in total. The molecule has 0 fully saturated rings. The minimum atomic E-state index is -0.652. The molecular formula is C23H24N6O2S. The topological polar surface area (TPSA) is 95.9 Å². The summed E-state index contributed by atoms with van der Waals surface area (Å²) in [6, 6.07) is 15.3. The summed E-state index contributed by atoms with van der Waals surface area (Å²) < 4.78 is 1.60. The van der Waals surface area contributed by atoms with Crippen molar-refractivity contribution in [2.24, 2.45) is 0 Å². The maximum atomic E-state index is 12.6. The second-order valence-corrected chi connectivity index (χ2v) is 8.66. The minimum Gasteiger partial charge on any atom is -0.377 e. The van der Waals surface area contributed by atoms with Crippen molar-refractivity contribution in [2.75, 3.05) is 24.7 Å². The van der Waals surface area contributed by atoms with Crippen molar-refractivity contribution in [3.05, 3.63) is 72.2 Å². The number of thioether (sulfide) groups is 1. The molecule has 0 spiro atoms. The van der Waals surface area contributed by atoms with Gasteiger partial charge >= 0.3 is 0 Å². The molecule has 0 aliphatic heterocycles. The summed E-state index contributed by atoms with van der Waals surface area (Å²) in [6.07, 6.45) is 4.24. The lowest BCUT2D eigenvalue weighted by atomic mass is 10.2. The zero-order chi connectivity index (χ0) is 22.5. The molecule has 1 amide bonds. The molecule has 8 nitrogen and oxygen atoms in total. The Balaban J connectivity index is 1.40. The molecule has 0 unspecified atom stereocenters. The van der Waals surface area contributed by atoms with Crippen LogP contribution in [-0.4, -0.2) is 58.1 Å². The van der Waals surface area contributed by atoms with Gasteiger partial charge in [-0.2, -0.15) is 0 Å². The Morgan fingerprint density at radius 3 is 2.81 bits per heavy atom. The van der Waals surface area contributed by atoms with Crippen molar-refractivity contribution in [1.82, 2.24) is 25.3 Å². The first-order chi connectivity index (χ1) is 15.5. The van der Waals surface area contributed by atoms with E-state index in [1.807, 2.05) is 61.6 Å². The van der Waals surface area contributed by atoms with Crippen LogP contribution in [0.5, 0.6) is 0 Å². The number of aromatic nitrogens is 4. The molecule has 0 radical (unpaired) electrons. The van der Waals surface area contributed by atoms with Gasteiger partial charge in [0.2, 0.25) is 0 Å². The first kappa shape index (κ1) is 21.6. The van der Waals surface area contributed by atoms with Crippen LogP contribution in [0.1, 0.15) is 16.1 Å². The second kappa shape index (κ2) is 9.69. The molecule has 4 rings (SSSR count). The number of benzene rings is 2. The molecule has 4 aromatic rings. The van der Waals surface area contributed by atoms with Crippen LogP contribution in [0, 0.1) is 0 Å². The zero-order valence-electron chi connectivity index (χ0n) is 17.9. The number of H-pyrrole nitrogens is 1. The number of fused-ring (bicyclic) bond motifs is 1. The quantitative estimate of drug-likeness (QED) is 0.302. The van der Waals surface area contributed by atoms with E-state index in [0.29, 0.717) is 12.3 Å². The summed E-state index contributed by atoms with van der Waals surface area (Å²) >= 11 is 1.52. The molecule has 0 saturated heterocycles. The normalized spacial score (nSPS) is 11.9. The smallest absolute Gasteiger partial charge is 0.274 e. The molecule has 2 heterocycles. The fourth-order valence-electron chi connectivity index (χ4n) is 3.32. The summed E-state index contributed by atoms with van der Waals surface area (Å²) in [7, 11) is 3.96. The van der Waals surface area contributed by atoms with E-state index in [-0.39, 0.29) is 5.69 Å². The molecule has 2 aromatic heterocycles. The van der Waals surface area contributed by atoms with E-state index in [2.05, 4.69) is 32.7 Å². The number of carbonyl (C=O) groups excluding carboxylic acids is 2. The summed E-state index contributed by atoms with van der Waals surface area (Å²) in [6.45, 7) is 0.516. The third-order valence-corrected chi connectivity index (χ3v) is 6.14. The van der Waals surface area contributed by atoms with E-state index in [0.717, 1.165) is 33.3 Å². The Morgan fingerprint density at radius 1 is 1.25 bits per heavy atom. The van der Waals surface area contributed by atoms with Gasteiger partial charge in [-0.15, -0.1) is 16.9 Å². The fraction of sp³-hybridized carbons (Fsp3) is 0.217. The largest absolute Gasteiger partial charge is 0.377 e. The molecule has 0 aliphatic carbocycles. The molecule has 0 saturated carbocycles. The average Bonchev–Trinajstić information content (AvgIpc) is 3.45. The highest BCUT2D eigenvalue weighted by molar-refractivity contribution is 7.99. The lowest BCUT2D eigenvalue weighted by Gasteiger charge is -2.19. The molecule has 0 aliphatic rings. The number of nitrogens with zero attached hydrogens (tertiary/aromatic N) is 4. The lowest BCUT2D eigenvalue weighted by Crippen LogP contribution is -2.38. The number of carbonyl (C=O) groups is 2. The zero-order valence-corrected chi connectivity index (χ0v) is 18.7. The Bertz CT molecular complexity index is 1220. The molecule has 32 heavy (non-hydrogen) atoms. The highest BCUT2D eigenvalue weighted by Crippen LogP contribution is 2.33. The van der Waals surface area contributed by atoms with Gasteiger partial charge in [0.05, 0.1) is 24.5 Å². The van der Waals surface area contributed by atoms with Crippen LogP contribution in [0.15, 0.2) is 65.8 Å². The van der Waals surface area contributed by atoms with Gasteiger partial charge in [0.25, 0.3) is 5.91 Å². The van der Waals surface area contributed by atoms with E-state index >= 15 is 0 Å². The summed E-state index contributed by atoms with van der Waals surface area (Å²) in [5, 5.41) is 11.8. The molecular weight excluding hydrogens is 424 g/mol. The van der Waals surface area contributed by atoms with Gasteiger partial charge in [0, 0.05) is 41.8 Å². The van der Waals surface area contributed by atoms with Crippen LogP contribution in [0.25, 0.3) is 10.9 Å².